The fraction of sp³-hybridized carbons (Fsp3) is 0.568. The fourth-order valence-corrected chi connectivity index (χ4v) is 6.29. The SMILES string of the molecule is CCOC(=O)C1(CCOC)CNC(=O)CCCN(C(=O)CN2CCN(c3cccc(C)c3)CC2)CCCNC(=O)COc2ccc(cc2)C1. The summed E-state index contributed by atoms with van der Waals surface area (Å²) in [6, 6.07) is 15.7. The number of benzene rings is 2. The number of nitrogens with zero attached hydrogens (tertiary/aromatic N) is 3. The highest BCUT2D eigenvalue weighted by Gasteiger charge is 2.40. The van der Waals surface area contributed by atoms with Crippen molar-refractivity contribution in [3.63, 3.8) is 0 Å². The Hall–Kier alpha value is -4.16. The van der Waals surface area contributed by atoms with Gasteiger partial charge in [0.2, 0.25) is 11.8 Å². The Morgan fingerprint density at radius 2 is 1.69 bits per heavy atom. The molecule has 0 radical (unpaired) electrons. The fourth-order valence-electron chi connectivity index (χ4n) is 6.29. The van der Waals surface area contributed by atoms with Crippen LogP contribution in [-0.2, 0) is 35.1 Å². The number of ether oxygens (including phenoxy) is 3. The molecule has 0 saturated carbocycles. The van der Waals surface area contributed by atoms with Gasteiger partial charge in [0.1, 0.15) is 5.75 Å². The number of hydrogen-bond donors (Lipinski definition) is 2. The van der Waals surface area contributed by atoms with Crippen LogP contribution < -0.4 is 20.3 Å². The Labute approximate surface area is 290 Å². The lowest BCUT2D eigenvalue weighted by Crippen LogP contribution is -2.50. The third-order valence-corrected chi connectivity index (χ3v) is 9.16. The zero-order valence-electron chi connectivity index (χ0n) is 29.3. The van der Waals surface area contributed by atoms with Gasteiger partial charge in [0.15, 0.2) is 6.61 Å². The molecule has 1 fully saturated rings. The summed E-state index contributed by atoms with van der Waals surface area (Å²) in [7, 11) is 1.57. The van der Waals surface area contributed by atoms with Crippen molar-refractivity contribution in [3.05, 3.63) is 59.7 Å². The van der Waals surface area contributed by atoms with Gasteiger partial charge in [0, 0.05) is 78.2 Å². The number of piperazine rings is 1. The van der Waals surface area contributed by atoms with E-state index in [-0.39, 0.29) is 43.9 Å². The van der Waals surface area contributed by atoms with Crippen molar-refractivity contribution in [3.8, 4) is 5.75 Å². The van der Waals surface area contributed by atoms with Gasteiger partial charge in [-0.25, -0.2) is 0 Å². The predicted molar refractivity (Wildman–Crippen MR) is 187 cm³/mol. The van der Waals surface area contributed by atoms with E-state index in [1.54, 1.807) is 31.1 Å². The van der Waals surface area contributed by atoms with E-state index in [2.05, 4.69) is 51.6 Å². The number of fused-ring (bicyclic) bond motifs is 17. The number of nitrogens with one attached hydrogen (secondary N) is 2. The van der Waals surface area contributed by atoms with E-state index in [9.17, 15) is 19.2 Å². The third kappa shape index (κ3) is 11.7. The van der Waals surface area contributed by atoms with Crippen LogP contribution in [0.25, 0.3) is 0 Å². The first-order valence-corrected chi connectivity index (χ1v) is 17.4. The number of methoxy groups -OCH3 is 1. The van der Waals surface area contributed by atoms with Gasteiger partial charge in [-0.05, 0) is 74.9 Å². The summed E-state index contributed by atoms with van der Waals surface area (Å²) in [4.78, 5) is 59.0. The standard InChI is InChI=1S/C37H53N5O7/c1-4-48-36(46)37(15-23-47-3)25-30-11-13-32(14-12-30)49-27-34(44)38-16-7-18-42(17-6-10-33(43)39-28-37)35(45)26-40-19-21-41(22-20-40)31-9-5-8-29(2)24-31/h5,8-9,11-14,24H,4,6-7,10,15-23,25-28H2,1-3H3,(H,38,44)(H,39,43). The first-order chi connectivity index (χ1) is 23.7. The largest absolute Gasteiger partial charge is 0.484 e. The molecule has 1 atom stereocenters. The quantitative estimate of drug-likeness (QED) is 0.405. The first kappa shape index (κ1) is 37.7. The lowest BCUT2D eigenvalue weighted by atomic mass is 9.78. The first-order valence-electron chi connectivity index (χ1n) is 17.4. The van der Waals surface area contributed by atoms with Crippen molar-refractivity contribution in [2.24, 2.45) is 5.41 Å². The number of anilines is 1. The molecule has 0 aliphatic carbocycles. The highest BCUT2D eigenvalue weighted by Crippen LogP contribution is 2.30. The molecule has 268 valence electrons. The molecule has 3 amide bonds. The highest BCUT2D eigenvalue weighted by molar-refractivity contribution is 5.81. The van der Waals surface area contributed by atoms with Gasteiger partial charge in [-0.3, -0.25) is 24.1 Å². The summed E-state index contributed by atoms with van der Waals surface area (Å²) in [5, 5.41) is 5.86. The zero-order valence-corrected chi connectivity index (χ0v) is 29.3. The minimum absolute atomic E-state index is 0.00475. The van der Waals surface area contributed by atoms with Crippen LogP contribution in [0.4, 0.5) is 5.69 Å². The Morgan fingerprint density at radius 1 is 0.939 bits per heavy atom. The molecule has 0 spiro atoms. The molecule has 5 rings (SSSR count). The molecule has 2 aromatic carbocycles. The minimum Gasteiger partial charge on any atom is -0.484 e. The normalized spacial score (nSPS) is 20.6. The molecule has 49 heavy (non-hydrogen) atoms. The molecule has 2 aromatic rings. The van der Waals surface area contributed by atoms with Crippen LogP contribution in [0, 0.1) is 12.3 Å². The van der Waals surface area contributed by atoms with Crippen LogP contribution in [0.5, 0.6) is 5.75 Å². The summed E-state index contributed by atoms with van der Waals surface area (Å²) in [5.41, 5.74) is 2.23. The summed E-state index contributed by atoms with van der Waals surface area (Å²) >= 11 is 0. The second-order valence-electron chi connectivity index (χ2n) is 12.9. The average Bonchev–Trinajstić information content (AvgIpc) is 3.10. The summed E-state index contributed by atoms with van der Waals surface area (Å²) in [6.45, 7) is 9.11. The maximum Gasteiger partial charge on any atom is 0.314 e. The van der Waals surface area contributed by atoms with Crippen molar-refractivity contribution in [1.82, 2.24) is 20.4 Å². The van der Waals surface area contributed by atoms with E-state index in [4.69, 9.17) is 14.2 Å². The molecule has 12 nitrogen and oxygen atoms in total. The number of hydrogen-bond acceptors (Lipinski definition) is 9. The number of esters is 1. The van der Waals surface area contributed by atoms with Crippen molar-refractivity contribution in [2.45, 2.75) is 46.0 Å². The van der Waals surface area contributed by atoms with E-state index in [0.29, 0.717) is 64.2 Å². The van der Waals surface area contributed by atoms with E-state index in [1.165, 1.54) is 11.3 Å². The van der Waals surface area contributed by atoms with Crippen molar-refractivity contribution >= 4 is 29.4 Å². The molecule has 2 N–H and O–H groups in total. The molecule has 12 heteroatoms. The average molecular weight is 680 g/mol. The van der Waals surface area contributed by atoms with Crippen molar-refractivity contribution in [2.75, 3.05) is 90.7 Å². The molecule has 1 saturated heterocycles. The predicted octanol–water partition coefficient (Wildman–Crippen LogP) is 2.57. The third-order valence-electron chi connectivity index (χ3n) is 9.16. The van der Waals surface area contributed by atoms with E-state index in [0.717, 1.165) is 31.7 Å². The molecule has 3 heterocycles. The topological polar surface area (TPSA) is 130 Å². The molecule has 3 aliphatic rings. The summed E-state index contributed by atoms with van der Waals surface area (Å²) in [6.07, 6.45) is 1.90. The second kappa shape index (κ2) is 19.1. The van der Waals surface area contributed by atoms with Crippen LogP contribution in [-0.4, -0.2) is 119 Å². The lowest BCUT2D eigenvalue weighted by molar-refractivity contribution is -0.156. The van der Waals surface area contributed by atoms with Gasteiger partial charge in [-0.1, -0.05) is 24.3 Å². The van der Waals surface area contributed by atoms with Gasteiger partial charge in [0.05, 0.1) is 18.6 Å². The number of aryl methyl sites for hydroxylation is 1. The number of carbonyl (C=O) groups excluding carboxylic acids is 4. The van der Waals surface area contributed by atoms with Gasteiger partial charge in [0.25, 0.3) is 5.91 Å². The molecule has 2 bridgehead atoms. The van der Waals surface area contributed by atoms with Crippen molar-refractivity contribution in [1.29, 1.82) is 0 Å². The Kier molecular flexibility index (Phi) is 14.7. The Balaban J connectivity index is 1.42. The summed E-state index contributed by atoms with van der Waals surface area (Å²) in [5.74, 6) is -0.318. The molecule has 3 aliphatic heterocycles. The van der Waals surface area contributed by atoms with Gasteiger partial charge in [-0.2, -0.15) is 0 Å². The monoisotopic (exact) mass is 679 g/mol. The van der Waals surface area contributed by atoms with E-state index in [1.807, 2.05) is 12.1 Å². The second-order valence-corrected chi connectivity index (χ2v) is 12.9. The van der Waals surface area contributed by atoms with Crippen molar-refractivity contribution < 1.29 is 33.4 Å². The molecule has 0 aromatic heterocycles. The maximum atomic E-state index is 13.6. The van der Waals surface area contributed by atoms with Crippen LogP contribution >= 0.6 is 0 Å². The van der Waals surface area contributed by atoms with Crippen LogP contribution in [0.3, 0.4) is 0 Å². The van der Waals surface area contributed by atoms with Gasteiger partial charge >= 0.3 is 5.97 Å². The highest BCUT2D eigenvalue weighted by atomic mass is 16.5. The maximum absolute atomic E-state index is 13.6. The van der Waals surface area contributed by atoms with Crippen LogP contribution in [0.2, 0.25) is 0 Å². The Morgan fingerprint density at radius 3 is 2.41 bits per heavy atom. The number of carbonyl (C=O) groups is 4. The number of amides is 3. The lowest BCUT2D eigenvalue weighted by Gasteiger charge is -2.36. The van der Waals surface area contributed by atoms with Crippen LogP contribution in [0.15, 0.2) is 48.5 Å². The smallest absolute Gasteiger partial charge is 0.314 e. The summed E-state index contributed by atoms with van der Waals surface area (Å²) < 4.78 is 16.5. The molecular weight excluding hydrogens is 626 g/mol. The zero-order chi connectivity index (χ0) is 35.1. The van der Waals surface area contributed by atoms with E-state index < -0.39 is 11.4 Å². The molecule has 1 unspecified atom stereocenters. The van der Waals surface area contributed by atoms with Crippen LogP contribution in [0.1, 0.15) is 43.7 Å². The number of rotatable bonds is 8. The Bertz CT molecular complexity index is 1380. The minimum atomic E-state index is -1.05. The molecular formula is C37H53N5O7. The van der Waals surface area contributed by atoms with Gasteiger partial charge < -0.3 is 34.6 Å². The van der Waals surface area contributed by atoms with E-state index >= 15 is 0 Å². The van der Waals surface area contributed by atoms with Gasteiger partial charge in [-0.15, -0.1) is 0 Å².